The largest absolute Gasteiger partial charge is 0.370 e. The van der Waals surface area contributed by atoms with E-state index >= 15 is 0 Å². The van der Waals surface area contributed by atoms with Crippen molar-refractivity contribution in [1.82, 2.24) is 5.32 Å². The van der Waals surface area contributed by atoms with Crippen LogP contribution in [0.4, 0.5) is 5.69 Å². The van der Waals surface area contributed by atoms with Crippen LogP contribution in [0.1, 0.15) is 18.1 Å². The summed E-state index contributed by atoms with van der Waals surface area (Å²) in [6.45, 7) is 3.80. The summed E-state index contributed by atoms with van der Waals surface area (Å²) in [7, 11) is 0. The Balaban J connectivity index is 1.52. The van der Waals surface area contributed by atoms with Gasteiger partial charge in [0.15, 0.2) is 0 Å². The van der Waals surface area contributed by atoms with Crippen LogP contribution in [0.15, 0.2) is 103 Å². The summed E-state index contributed by atoms with van der Waals surface area (Å²) in [6, 6.07) is 35.2. The molecule has 3 nitrogen and oxygen atoms in total. The Kier molecular flexibility index (Phi) is 7.19. The fraction of sp³-hybridized carbons (Fsp3) is 0.207. The lowest BCUT2D eigenvalue weighted by Gasteiger charge is -2.29. The van der Waals surface area contributed by atoms with Gasteiger partial charge < -0.3 is 10.2 Å². The Morgan fingerprint density at radius 1 is 0.812 bits per heavy atom. The van der Waals surface area contributed by atoms with Crippen molar-refractivity contribution in [3.05, 3.63) is 114 Å². The van der Waals surface area contributed by atoms with E-state index in [2.05, 4.69) is 89.9 Å². The molecule has 0 aliphatic carbocycles. The average molecular weight is 423 g/mol. The molecular weight excluding hydrogens is 392 g/mol. The average Bonchev–Trinajstić information content (AvgIpc) is 2.84. The summed E-state index contributed by atoms with van der Waals surface area (Å²) < 4.78 is 0. The van der Waals surface area contributed by atoms with Crippen LogP contribution in [-0.4, -0.2) is 25.0 Å². The number of carbonyl (C=O) groups is 1. The molecule has 1 N–H and O–H groups in total. The predicted molar refractivity (Wildman–Crippen MR) is 134 cm³/mol. The Morgan fingerprint density at radius 3 is 2.22 bits per heavy atom. The fourth-order valence-electron chi connectivity index (χ4n) is 4.28. The highest BCUT2D eigenvalue weighted by atomic mass is 16.1. The summed E-state index contributed by atoms with van der Waals surface area (Å²) in [5, 5.41) is 5.64. The summed E-state index contributed by atoms with van der Waals surface area (Å²) in [4.78, 5) is 15.5. The molecular formula is C29H30N2O. The van der Waals surface area contributed by atoms with Crippen LogP contribution >= 0.6 is 0 Å². The molecule has 32 heavy (non-hydrogen) atoms. The fourth-order valence-corrected chi connectivity index (χ4v) is 4.28. The highest BCUT2D eigenvalue weighted by molar-refractivity contribution is 5.90. The Morgan fingerprint density at radius 2 is 1.47 bits per heavy atom. The molecule has 0 fully saturated rings. The zero-order chi connectivity index (χ0) is 22.2. The van der Waals surface area contributed by atoms with E-state index in [4.69, 9.17) is 0 Å². The topological polar surface area (TPSA) is 32.3 Å². The molecule has 0 unspecified atom stereocenters. The van der Waals surface area contributed by atoms with Crippen molar-refractivity contribution in [2.24, 2.45) is 0 Å². The number of nitrogens with one attached hydrogen (secondary N) is 1. The second-order valence-corrected chi connectivity index (χ2v) is 8.14. The first kappa shape index (κ1) is 21.6. The van der Waals surface area contributed by atoms with Gasteiger partial charge in [0.2, 0.25) is 5.91 Å². The van der Waals surface area contributed by atoms with Gasteiger partial charge in [-0.05, 0) is 47.4 Å². The molecule has 0 aliphatic rings. The van der Waals surface area contributed by atoms with Gasteiger partial charge in [-0.25, -0.2) is 0 Å². The van der Waals surface area contributed by atoms with Crippen molar-refractivity contribution in [2.75, 3.05) is 18.0 Å². The highest BCUT2D eigenvalue weighted by Crippen LogP contribution is 2.19. The number of hydrogen-bond acceptors (Lipinski definition) is 2. The van der Waals surface area contributed by atoms with E-state index in [1.165, 1.54) is 16.6 Å². The first-order valence-electron chi connectivity index (χ1n) is 11.3. The van der Waals surface area contributed by atoms with Crippen molar-refractivity contribution in [3.63, 3.8) is 0 Å². The zero-order valence-corrected chi connectivity index (χ0v) is 18.6. The molecule has 1 atom stereocenters. The second kappa shape index (κ2) is 10.6. The minimum absolute atomic E-state index is 0.0139. The molecule has 4 aromatic carbocycles. The van der Waals surface area contributed by atoms with Crippen LogP contribution in [0, 0.1) is 0 Å². The molecule has 0 saturated carbocycles. The molecule has 0 saturated heterocycles. The van der Waals surface area contributed by atoms with E-state index in [1.807, 2.05) is 30.3 Å². The molecule has 0 bridgehead atoms. The summed E-state index contributed by atoms with van der Waals surface area (Å²) in [5.41, 5.74) is 3.47. The van der Waals surface area contributed by atoms with Crippen LogP contribution in [0.25, 0.3) is 10.8 Å². The number of hydrogen-bond donors (Lipinski definition) is 1. The first-order chi connectivity index (χ1) is 15.7. The number of carbonyl (C=O) groups excluding carboxylic acids is 1. The lowest BCUT2D eigenvalue weighted by molar-refractivity contribution is -0.121. The number of benzene rings is 4. The third kappa shape index (κ3) is 5.55. The van der Waals surface area contributed by atoms with Crippen LogP contribution < -0.4 is 10.2 Å². The molecule has 1 amide bonds. The molecule has 0 aromatic heterocycles. The third-order valence-corrected chi connectivity index (χ3v) is 5.86. The Labute approximate surface area is 190 Å². The van der Waals surface area contributed by atoms with Gasteiger partial charge in [-0.2, -0.15) is 0 Å². The smallest absolute Gasteiger partial charge is 0.224 e. The van der Waals surface area contributed by atoms with Crippen LogP contribution in [0.3, 0.4) is 0 Å². The molecule has 0 spiro atoms. The van der Waals surface area contributed by atoms with Crippen molar-refractivity contribution in [2.45, 2.75) is 25.8 Å². The number of rotatable bonds is 9. The summed E-state index contributed by atoms with van der Waals surface area (Å²) in [5.74, 6) is 0.0615. The van der Waals surface area contributed by atoms with Crippen LogP contribution in [-0.2, 0) is 17.6 Å². The Hall–Kier alpha value is -3.59. The minimum atomic E-state index is 0.0139. The zero-order valence-electron chi connectivity index (χ0n) is 18.6. The normalized spacial score (nSPS) is 11.8. The molecule has 0 aliphatic heterocycles. The van der Waals surface area contributed by atoms with Gasteiger partial charge in [0.1, 0.15) is 0 Å². The molecule has 4 aromatic rings. The Bertz CT molecular complexity index is 1140. The van der Waals surface area contributed by atoms with Gasteiger partial charge in [0.05, 0.1) is 12.5 Å². The number of amides is 1. The molecule has 4 rings (SSSR count). The van der Waals surface area contributed by atoms with E-state index in [1.54, 1.807) is 0 Å². The number of fused-ring (bicyclic) bond motifs is 1. The molecule has 0 heterocycles. The molecule has 0 radical (unpaired) electrons. The van der Waals surface area contributed by atoms with E-state index < -0.39 is 0 Å². The lowest BCUT2D eigenvalue weighted by atomic mass is 10.0. The SMILES string of the molecule is CCN(C[C@H](Cc1ccccc1)NC(=O)Cc1cccc2ccccc12)c1ccccc1. The number of likely N-dealkylation sites (N-methyl/N-ethyl adjacent to an activating group) is 1. The predicted octanol–water partition coefficient (Wildman–Crippen LogP) is 5.64. The van der Waals surface area contributed by atoms with Gasteiger partial charge in [0.25, 0.3) is 0 Å². The van der Waals surface area contributed by atoms with Gasteiger partial charge in [-0.15, -0.1) is 0 Å². The lowest BCUT2D eigenvalue weighted by Crippen LogP contribution is -2.45. The maximum absolute atomic E-state index is 13.1. The van der Waals surface area contributed by atoms with Gasteiger partial charge >= 0.3 is 0 Å². The van der Waals surface area contributed by atoms with Crippen molar-refractivity contribution >= 4 is 22.4 Å². The van der Waals surface area contributed by atoms with E-state index in [0.717, 1.165) is 30.5 Å². The van der Waals surface area contributed by atoms with E-state index in [-0.39, 0.29) is 11.9 Å². The minimum Gasteiger partial charge on any atom is -0.370 e. The maximum Gasteiger partial charge on any atom is 0.224 e. The maximum atomic E-state index is 13.1. The number of anilines is 1. The quantitative estimate of drug-likeness (QED) is 0.379. The highest BCUT2D eigenvalue weighted by Gasteiger charge is 2.18. The van der Waals surface area contributed by atoms with Gasteiger partial charge in [-0.3, -0.25) is 4.79 Å². The van der Waals surface area contributed by atoms with Gasteiger partial charge in [-0.1, -0.05) is 91.0 Å². The monoisotopic (exact) mass is 422 g/mol. The molecule has 162 valence electrons. The first-order valence-corrected chi connectivity index (χ1v) is 11.3. The number of para-hydroxylation sites is 1. The molecule has 3 heteroatoms. The van der Waals surface area contributed by atoms with Crippen LogP contribution in [0.2, 0.25) is 0 Å². The van der Waals surface area contributed by atoms with E-state index in [9.17, 15) is 4.79 Å². The third-order valence-electron chi connectivity index (χ3n) is 5.86. The van der Waals surface area contributed by atoms with Crippen molar-refractivity contribution < 1.29 is 4.79 Å². The van der Waals surface area contributed by atoms with Crippen LogP contribution in [0.5, 0.6) is 0 Å². The summed E-state index contributed by atoms with van der Waals surface area (Å²) >= 11 is 0. The van der Waals surface area contributed by atoms with Crippen molar-refractivity contribution in [1.29, 1.82) is 0 Å². The van der Waals surface area contributed by atoms with Crippen molar-refractivity contribution in [3.8, 4) is 0 Å². The standard InChI is InChI=1S/C29H30N2O/c1-2-31(27-17-7-4-8-18-27)22-26(20-23-12-5-3-6-13-23)30-29(32)21-25-16-11-15-24-14-9-10-19-28(24)25/h3-19,26H,2,20-22H2,1H3,(H,30,32)/t26-/m0/s1. The van der Waals surface area contributed by atoms with E-state index in [0.29, 0.717) is 6.42 Å². The second-order valence-electron chi connectivity index (χ2n) is 8.14. The summed E-state index contributed by atoms with van der Waals surface area (Å²) in [6.07, 6.45) is 1.18. The number of nitrogens with zero attached hydrogens (tertiary/aromatic N) is 1. The van der Waals surface area contributed by atoms with Gasteiger partial charge in [0, 0.05) is 18.8 Å².